The van der Waals surface area contributed by atoms with Gasteiger partial charge in [0.15, 0.2) is 0 Å². The molecule has 0 unspecified atom stereocenters. The van der Waals surface area contributed by atoms with Gasteiger partial charge in [-0.3, -0.25) is 4.72 Å². The van der Waals surface area contributed by atoms with Gasteiger partial charge in [-0.05, 0) is 80.4 Å². The molecule has 3 N–H and O–H groups in total. The van der Waals surface area contributed by atoms with Crippen molar-refractivity contribution in [3.05, 3.63) is 82.4 Å². The van der Waals surface area contributed by atoms with Crippen molar-refractivity contribution >= 4 is 44.7 Å². The number of benzene rings is 3. The van der Waals surface area contributed by atoms with Crippen LogP contribution in [0.2, 0.25) is 5.02 Å². The Balaban J connectivity index is 1.70. The van der Waals surface area contributed by atoms with Gasteiger partial charge in [0.05, 0.1) is 10.6 Å². The average Bonchev–Trinajstić information content (AvgIpc) is 2.67. The van der Waals surface area contributed by atoms with Crippen LogP contribution < -0.4 is 15.4 Å². The number of carbonyl (C=O) groups excluding carboxylic acids is 1. The highest BCUT2D eigenvalue weighted by Crippen LogP contribution is 2.25. The van der Waals surface area contributed by atoms with Gasteiger partial charge in [-0.25, -0.2) is 13.2 Å². The van der Waals surface area contributed by atoms with Crippen molar-refractivity contribution in [1.82, 2.24) is 0 Å². The first kappa shape index (κ1) is 21.7. The molecule has 0 aliphatic rings. The molecule has 0 fully saturated rings. The standard InChI is InChI=1S/C22H22ClN3O3S/c1-14-12-15(2)21(16(3)13-14)26-30(28,29)20-10-8-19(9-11-20)25-22(27)24-18-6-4-17(23)5-7-18/h4-13,26H,1-3H3,(H2,24,25,27). The quantitative estimate of drug-likeness (QED) is 0.472. The molecule has 8 heteroatoms. The summed E-state index contributed by atoms with van der Waals surface area (Å²) in [5, 5.41) is 5.90. The van der Waals surface area contributed by atoms with E-state index in [1.807, 2.05) is 32.9 Å². The number of halogens is 1. The topological polar surface area (TPSA) is 87.3 Å². The summed E-state index contributed by atoms with van der Waals surface area (Å²) in [5.41, 5.74) is 4.40. The van der Waals surface area contributed by atoms with Gasteiger partial charge >= 0.3 is 6.03 Å². The Bertz CT molecular complexity index is 1150. The van der Waals surface area contributed by atoms with Crippen LogP contribution in [0.5, 0.6) is 0 Å². The fraction of sp³-hybridized carbons (Fsp3) is 0.136. The van der Waals surface area contributed by atoms with Crippen molar-refractivity contribution in [2.45, 2.75) is 25.7 Å². The van der Waals surface area contributed by atoms with Crippen LogP contribution in [0.3, 0.4) is 0 Å². The van der Waals surface area contributed by atoms with Crippen molar-refractivity contribution in [3.8, 4) is 0 Å². The zero-order valence-corrected chi connectivity index (χ0v) is 18.4. The van der Waals surface area contributed by atoms with E-state index in [0.717, 1.165) is 16.7 Å². The van der Waals surface area contributed by atoms with Crippen LogP contribution in [0, 0.1) is 20.8 Å². The number of amides is 2. The van der Waals surface area contributed by atoms with Gasteiger partial charge in [0, 0.05) is 16.4 Å². The molecule has 3 rings (SSSR count). The van der Waals surface area contributed by atoms with E-state index in [0.29, 0.717) is 22.1 Å². The second-order valence-electron chi connectivity index (χ2n) is 6.99. The van der Waals surface area contributed by atoms with Crippen molar-refractivity contribution in [2.75, 3.05) is 15.4 Å². The highest BCUT2D eigenvalue weighted by molar-refractivity contribution is 7.92. The normalized spacial score (nSPS) is 11.1. The van der Waals surface area contributed by atoms with Crippen LogP contribution in [0.15, 0.2) is 65.6 Å². The SMILES string of the molecule is Cc1cc(C)c(NS(=O)(=O)c2ccc(NC(=O)Nc3ccc(Cl)cc3)cc2)c(C)c1. The molecule has 0 aliphatic heterocycles. The van der Waals surface area contributed by atoms with Crippen LogP contribution in [0.1, 0.15) is 16.7 Å². The number of carbonyl (C=O) groups is 1. The lowest BCUT2D eigenvalue weighted by atomic mass is 10.1. The highest BCUT2D eigenvalue weighted by Gasteiger charge is 2.17. The Hall–Kier alpha value is -3.03. The summed E-state index contributed by atoms with van der Waals surface area (Å²) in [5.74, 6) is 0. The Morgan fingerprint density at radius 2 is 1.27 bits per heavy atom. The Morgan fingerprint density at radius 3 is 1.77 bits per heavy atom. The molecule has 0 saturated carbocycles. The molecular weight excluding hydrogens is 422 g/mol. The van der Waals surface area contributed by atoms with Gasteiger partial charge in [0.25, 0.3) is 10.0 Å². The van der Waals surface area contributed by atoms with E-state index in [4.69, 9.17) is 11.6 Å². The molecule has 3 aromatic carbocycles. The summed E-state index contributed by atoms with van der Waals surface area (Å²) in [6.45, 7) is 5.70. The minimum absolute atomic E-state index is 0.102. The predicted molar refractivity (Wildman–Crippen MR) is 122 cm³/mol. The summed E-state index contributed by atoms with van der Waals surface area (Å²) < 4.78 is 28.2. The van der Waals surface area contributed by atoms with Crippen LogP contribution in [0.4, 0.5) is 21.9 Å². The molecular formula is C22H22ClN3O3S. The molecule has 0 aliphatic carbocycles. The first-order chi connectivity index (χ1) is 14.1. The molecule has 0 spiro atoms. The monoisotopic (exact) mass is 443 g/mol. The molecule has 6 nitrogen and oxygen atoms in total. The summed E-state index contributed by atoms with van der Waals surface area (Å²) >= 11 is 5.82. The molecule has 0 bridgehead atoms. The number of sulfonamides is 1. The largest absolute Gasteiger partial charge is 0.323 e. The van der Waals surface area contributed by atoms with Gasteiger partial charge in [-0.2, -0.15) is 0 Å². The maximum absolute atomic E-state index is 12.8. The van der Waals surface area contributed by atoms with Crippen molar-refractivity contribution < 1.29 is 13.2 Å². The summed E-state index contributed by atoms with van der Waals surface area (Å²) in [6.07, 6.45) is 0. The summed E-state index contributed by atoms with van der Waals surface area (Å²) in [4.78, 5) is 12.2. The van der Waals surface area contributed by atoms with E-state index >= 15 is 0 Å². The second kappa shape index (κ2) is 8.77. The van der Waals surface area contributed by atoms with Crippen LogP contribution in [-0.2, 0) is 10.0 Å². The lowest BCUT2D eigenvalue weighted by Crippen LogP contribution is -2.19. The van der Waals surface area contributed by atoms with Gasteiger partial charge in [0.1, 0.15) is 0 Å². The predicted octanol–water partition coefficient (Wildman–Crippen LogP) is 5.71. The number of hydrogen-bond acceptors (Lipinski definition) is 3. The summed E-state index contributed by atoms with van der Waals surface area (Å²) in [7, 11) is -3.76. The van der Waals surface area contributed by atoms with Crippen LogP contribution >= 0.6 is 11.6 Å². The van der Waals surface area contributed by atoms with Gasteiger partial charge in [-0.15, -0.1) is 0 Å². The zero-order valence-electron chi connectivity index (χ0n) is 16.8. The molecule has 0 heterocycles. The molecule has 0 radical (unpaired) electrons. The molecule has 0 saturated heterocycles. The molecule has 0 atom stereocenters. The first-order valence-electron chi connectivity index (χ1n) is 9.18. The summed E-state index contributed by atoms with van der Waals surface area (Å²) in [6, 6.07) is 16.1. The van der Waals surface area contributed by atoms with Crippen LogP contribution in [-0.4, -0.2) is 14.4 Å². The first-order valence-corrected chi connectivity index (χ1v) is 11.0. The fourth-order valence-electron chi connectivity index (χ4n) is 3.08. The number of aryl methyl sites for hydroxylation is 3. The third-order valence-corrected chi connectivity index (χ3v) is 6.06. The van der Waals surface area contributed by atoms with E-state index in [1.54, 1.807) is 24.3 Å². The van der Waals surface area contributed by atoms with Crippen molar-refractivity contribution in [3.63, 3.8) is 0 Å². The third kappa shape index (κ3) is 5.31. The van der Waals surface area contributed by atoms with Gasteiger partial charge < -0.3 is 10.6 Å². The minimum Gasteiger partial charge on any atom is -0.308 e. The number of rotatable bonds is 5. The van der Waals surface area contributed by atoms with Crippen molar-refractivity contribution in [2.24, 2.45) is 0 Å². The van der Waals surface area contributed by atoms with E-state index < -0.39 is 16.1 Å². The van der Waals surface area contributed by atoms with Crippen LogP contribution in [0.25, 0.3) is 0 Å². The number of nitrogens with one attached hydrogen (secondary N) is 3. The Morgan fingerprint density at radius 1 is 0.800 bits per heavy atom. The lowest BCUT2D eigenvalue weighted by molar-refractivity contribution is 0.262. The molecule has 156 valence electrons. The van der Waals surface area contributed by atoms with E-state index in [2.05, 4.69) is 15.4 Å². The number of hydrogen-bond donors (Lipinski definition) is 3. The van der Waals surface area contributed by atoms with E-state index in [-0.39, 0.29) is 4.90 Å². The molecule has 0 aromatic heterocycles. The van der Waals surface area contributed by atoms with E-state index in [9.17, 15) is 13.2 Å². The smallest absolute Gasteiger partial charge is 0.308 e. The van der Waals surface area contributed by atoms with Crippen molar-refractivity contribution in [1.29, 1.82) is 0 Å². The Kier molecular flexibility index (Phi) is 6.34. The highest BCUT2D eigenvalue weighted by atomic mass is 35.5. The third-order valence-electron chi connectivity index (χ3n) is 4.44. The zero-order chi connectivity index (χ0) is 21.9. The molecule has 30 heavy (non-hydrogen) atoms. The minimum atomic E-state index is -3.76. The number of urea groups is 1. The maximum atomic E-state index is 12.8. The number of anilines is 3. The lowest BCUT2D eigenvalue weighted by Gasteiger charge is -2.14. The molecule has 2 amide bonds. The maximum Gasteiger partial charge on any atom is 0.323 e. The van der Waals surface area contributed by atoms with E-state index in [1.165, 1.54) is 24.3 Å². The molecule has 3 aromatic rings. The fourth-order valence-corrected chi connectivity index (χ4v) is 4.41. The van der Waals surface area contributed by atoms with Gasteiger partial charge in [-0.1, -0.05) is 29.3 Å². The average molecular weight is 444 g/mol. The second-order valence-corrected chi connectivity index (χ2v) is 9.11. The van der Waals surface area contributed by atoms with Gasteiger partial charge in [0.2, 0.25) is 0 Å². The Labute approximate surface area is 181 Å².